The topological polar surface area (TPSA) is 132 Å². The molecule has 0 rings (SSSR count). The molecule has 0 aromatic carbocycles. The van der Waals surface area contributed by atoms with E-state index in [1.807, 2.05) is 0 Å². The van der Waals surface area contributed by atoms with E-state index in [0.29, 0.717) is 7.92 Å². The smallest absolute Gasteiger partial charge is 0.264 e. The first-order valence-corrected chi connectivity index (χ1v) is 8.81. The molecule has 0 radical (unpaired) electrons. The first-order chi connectivity index (χ1) is 7.08. The van der Waals surface area contributed by atoms with Crippen LogP contribution in [0.25, 0.3) is 0 Å². The Bertz CT molecular complexity index is 232. The van der Waals surface area contributed by atoms with Gasteiger partial charge in [-0.1, -0.05) is 20.8 Å². The van der Waals surface area contributed by atoms with Gasteiger partial charge in [0, 0.05) is 4.57 Å². The standard InChI is InChI=1S/C6H15P.H2O4S.HO3P/c1-4-7(5-2)6-3;1-5(2,3)4;1-4(2)3/h4-6H2,1-3H3;(H2,1,2,3,4);(H-,1,2,3)/p+1. The normalized spacial score (nSPS) is 9.75. The second-order valence-electron chi connectivity index (χ2n) is 2.32. The Morgan fingerprint density at radius 1 is 1.00 bits per heavy atom. The Balaban J connectivity index is -0.000000166. The van der Waals surface area contributed by atoms with Crippen LogP contribution in [-0.4, -0.2) is 45.8 Å². The number of hydrogen-bond acceptors (Lipinski definition) is 3. The van der Waals surface area contributed by atoms with Crippen molar-refractivity contribution in [3.05, 3.63) is 0 Å². The zero-order chi connectivity index (χ0) is 13.8. The zero-order valence-corrected chi connectivity index (χ0v) is 12.0. The molecule has 0 atom stereocenters. The van der Waals surface area contributed by atoms with Gasteiger partial charge in [-0.2, -0.15) is 8.42 Å². The van der Waals surface area contributed by atoms with Crippen LogP contribution < -0.4 is 0 Å². The van der Waals surface area contributed by atoms with Gasteiger partial charge in [0.1, 0.15) is 0 Å². The maximum Gasteiger partial charge on any atom is 0.692 e. The van der Waals surface area contributed by atoms with E-state index in [1.54, 1.807) is 0 Å². The molecule has 10 heteroatoms. The first-order valence-electron chi connectivity index (χ1n) is 4.35. The van der Waals surface area contributed by atoms with E-state index in [0.717, 1.165) is 0 Å². The lowest BCUT2D eigenvalue weighted by molar-refractivity contribution is 0.380. The van der Waals surface area contributed by atoms with Crippen LogP contribution in [-0.2, 0) is 15.0 Å². The van der Waals surface area contributed by atoms with Gasteiger partial charge in [0.2, 0.25) is 0 Å². The van der Waals surface area contributed by atoms with E-state index >= 15 is 0 Å². The Morgan fingerprint density at radius 2 is 1.12 bits per heavy atom. The van der Waals surface area contributed by atoms with E-state index in [4.69, 9.17) is 31.9 Å². The second kappa shape index (κ2) is 13.4. The van der Waals surface area contributed by atoms with Crippen LogP contribution in [0.4, 0.5) is 0 Å². The van der Waals surface area contributed by atoms with Gasteiger partial charge < -0.3 is 0 Å². The predicted octanol–water partition coefficient (Wildman–Crippen LogP) is 1.50. The molecule has 16 heavy (non-hydrogen) atoms. The summed E-state index contributed by atoms with van der Waals surface area (Å²) in [7, 11) is -7.09. The van der Waals surface area contributed by atoms with Crippen LogP contribution in [0, 0.1) is 0 Å². The van der Waals surface area contributed by atoms with E-state index < -0.39 is 18.7 Å². The molecule has 0 saturated carbocycles. The fraction of sp³-hybridized carbons (Fsp3) is 1.00. The van der Waals surface area contributed by atoms with Crippen LogP contribution in [0.3, 0.4) is 0 Å². The summed E-state index contributed by atoms with van der Waals surface area (Å²) in [5, 5.41) is 0. The lowest BCUT2D eigenvalue weighted by Gasteiger charge is -2.07. The van der Waals surface area contributed by atoms with E-state index in [9.17, 15) is 0 Å². The van der Waals surface area contributed by atoms with Gasteiger partial charge in [-0.05, 0) is 18.5 Å². The molecule has 0 aliphatic rings. The molecule has 0 heterocycles. The van der Waals surface area contributed by atoms with Crippen molar-refractivity contribution in [2.45, 2.75) is 20.8 Å². The van der Waals surface area contributed by atoms with Crippen molar-refractivity contribution in [1.29, 1.82) is 0 Å². The average molecular weight is 297 g/mol. The minimum atomic E-state index is -4.67. The number of rotatable bonds is 3. The summed E-state index contributed by atoms with van der Waals surface area (Å²) in [6.45, 7) is 6.87. The lowest BCUT2D eigenvalue weighted by atomic mass is 10.9. The average Bonchev–Trinajstić information content (AvgIpc) is 2.03. The van der Waals surface area contributed by atoms with Gasteiger partial charge in [0.05, 0.1) is 0 Å². The Hall–Kier alpha value is 0.320. The second-order valence-corrected chi connectivity index (χ2v) is 6.96. The molecule has 0 aromatic heterocycles. The van der Waals surface area contributed by atoms with Crippen molar-refractivity contribution in [3.63, 3.8) is 0 Å². The molecule has 0 fully saturated rings. The highest BCUT2D eigenvalue weighted by Gasteiger charge is 1.94. The summed E-state index contributed by atoms with van der Waals surface area (Å²) in [5.74, 6) is 0. The highest BCUT2D eigenvalue weighted by molar-refractivity contribution is 7.79. The molecule has 0 amide bonds. The minimum Gasteiger partial charge on any atom is -0.264 e. The van der Waals surface area contributed by atoms with Crippen molar-refractivity contribution < 1.29 is 31.9 Å². The van der Waals surface area contributed by atoms with Crippen molar-refractivity contribution >= 4 is 26.6 Å². The fourth-order valence-electron chi connectivity index (χ4n) is 0.671. The maximum absolute atomic E-state index is 8.74. The molecular weight excluding hydrogens is 278 g/mol. The number of hydrogen-bond donors (Lipinski definition) is 4. The molecular formula is C6H19O7P2S+. The SMILES string of the molecule is CCP(CC)CC.O=S(=O)(O)O.O=[P+](O)O. The summed E-state index contributed by atoms with van der Waals surface area (Å²) in [6, 6.07) is 0. The monoisotopic (exact) mass is 297 g/mol. The van der Waals surface area contributed by atoms with Crippen molar-refractivity contribution in [2.24, 2.45) is 0 Å². The quantitative estimate of drug-likeness (QED) is 0.458. The van der Waals surface area contributed by atoms with Crippen LogP contribution in [0.2, 0.25) is 0 Å². The molecule has 0 aromatic rings. The summed E-state index contributed by atoms with van der Waals surface area (Å²) in [5.41, 5.74) is 0. The van der Waals surface area contributed by atoms with Gasteiger partial charge in [0.15, 0.2) is 0 Å². The molecule has 4 N–H and O–H groups in total. The summed E-state index contributed by atoms with van der Waals surface area (Å²) >= 11 is 0. The molecule has 0 spiro atoms. The molecule has 0 saturated heterocycles. The van der Waals surface area contributed by atoms with Crippen LogP contribution in [0.15, 0.2) is 0 Å². The highest BCUT2D eigenvalue weighted by Crippen LogP contribution is 2.32. The molecule has 0 unspecified atom stereocenters. The van der Waals surface area contributed by atoms with E-state index in [1.165, 1.54) is 18.5 Å². The maximum atomic E-state index is 8.74. The van der Waals surface area contributed by atoms with Gasteiger partial charge in [-0.25, -0.2) is 0 Å². The van der Waals surface area contributed by atoms with E-state index in [-0.39, 0.29) is 0 Å². The Kier molecular flexibility index (Phi) is 18.1. The van der Waals surface area contributed by atoms with Crippen molar-refractivity contribution in [1.82, 2.24) is 0 Å². The van der Waals surface area contributed by atoms with Gasteiger partial charge in [-0.15, -0.1) is 17.7 Å². The summed E-state index contributed by atoms with van der Waals surface area (Å²) < 4.78 is 40.3. The predicted molar refractivity (Wildman–Crippen MR) is 64.8 cm³/mol. The minimum absolute atomic E-state index is 0.446. The van der Waals surface area contributed by atoms with Gasteiger partial charge in [0.25, 0.3) is 0 Å². The third kappa shape index (κ3) is 63.6. The van der Waals surface area contributed by atoms with Gasteiger partial charge >= 0.3 is 18.7 Å². The molecule has 0 bridgehead atoms. The largest absolute Gasteiger partial charge is 0.692 e. The van der Waals surface area contributed by atoms with Crippen LogP contribution >= 0.6 is 16.2 Å². The summed E-state index contributed by atoms with van der Waals surface area (Å²) in [4.78, 5) is 14.2. The molecule has 0 aliphatic carbocycles. The third-order valence-electron chi connectivity index (χ3n) is 1.34. The van der Waals surface area contributed by atoms with Crippen LogP contribution in [0.5, 0.6) is 0 Å². The zero-order valence-electron chi connectivity index (χ0n) is 9.44. The molecule has 100 valence electrons. The summed E-state index contributed by atoms with van der Waals surface area (Å²) in [6.07, 6.45) is 4.26. The highest BCUT2D eigenvalue weighted by atomic mass is 32.3. The Labute approximate surface area is 98.2 Å². The Morgan fingerprint density at radius 3 is 1.12 bits per heavy atom. The fourth-order valence-corrected chi connectivity index (χ4v) is 2.01. The molecule has 0 aliphatic heterocycles. The van der Waals surface area contributed by atoms with Crippen LogP contribution in [0.1, 0.15) is 20.8 Å². The first kappa shape index (κ1) is 21.6. The third-order valence-corrected chi connectivity index (χ3v) is 4.02. The van der Waals surface area contributed by atoms with E-state index in [2.05, 4.69) is 20.8 Å². The van der Waals surface area contributed by atoms with Crippen molar-refractivity contribution in [3.8, 4) is 0 Å². The van der Waals surface area contributed by atoms with Gasteiger partial charge in [-0.3, -0.25) is 9.11 Å². The molecule has 7 nitrogen and oxygen atoms in total. The van der Waals surface area contributed by atoms with Crippen molar-refractivity contribution in [2.75, 3.05) is 18.5 Å². The lowest BCUT2D eigenvalue weighted by Crippen LogP contribution is -1.89.